The quantitative estimate of drug-likeness (QED) is 0.705. The molecule has 0 radical (unpaired) electrons. The maximum absolute atomic E-state index is 12.4. The number of carbonyl (C=O) groups excluding carboxylic acids is 2. The van der Waals surface area contributed by atoms with E-state index in [1.807, 2.05) is 31.2 Å². The zero-order chi connectivity index (χ0) is 18.8. The van der Waals surface area contributed by atoms with Crippen molar-refractivity contribution in [2.45, 2.75) is 23.1 Å². The first-order valence-electron chi connectivity index (χ1n) is 8.39. The van der Waals surface area contributed by atoms with Crippen LogP contribution in [0, 0.1) is 6.92 Å². The van der Waals surface area contributed by atoms with Crippen LogP contribution in [-0.4, -0.2) is 28.6 Å². The molecule has 27 heavy (non-hydrogen) atoms. The van der Waals surface area contributed by atoms with E-state index in [4.69, 9.17) is 0 Å². The first kappa shape index (κ1) is 17.7. The molecule has 3 aromatic rings. The van der Waals surface area contributed by atoms with Crippen LogP contribution in [0.2, 0.25) is 0 Å². The van der Waals surface area contributed by atoms with Crippen LogP contribution in [0.4, 0.5) is 5.69 Å². The first-order valence-corrected chi connectivity index (χ1v) is 10.0. The lowest BCUT2D eigenvalue weighted by Gasteiger charge is -2.09. The van der Waals surface area contributed by atoms with E-state index in [2.05, 4.69) is 20.8 Å². The molecule has 0 atom stereocenters. The topological polar surface area (TPSA) is 84.0 Å². The lowest BCUT2D eigenvalue weighted by Crippen LogP contribution is -2.25. The fraction of sp³-hybridized carbons (Fsp3) is 0.158. The van der Waals surface area contributed by atoms with Gasteiger partial charge in [-0.05, 0) is 37.3 Å². The van der Waals surface area contributed by atoms with Gasteiger partial charge in [-0.1, -0.05) is 23.9 Å². The number of fused-ring (bicyclic) bond motifs is 2. The van der Waals surface area contributed by atoms with Crippen LogP contribution in [0.15, 0.2) is 52.3 Å². The zero-order valence-corrected chi connectivity index (χ0v) is 16.1. The molecule has 2 aromatic carbocycles. The maximum atomic E-state index is 12.4. The van der Waals surface area contributed by atoms with Gasteiger partial charge < -0.3 is 10.6 Å². The Kier molecular flexibility index (Phi) is 4.91. The van der Waals surface area contributed by atoms with Gasteiger partial charge in [0.15, 0.2) is 0 Å². The average molecular weight is 396 g/mol. The summed E-state index contributed by atoms with van der Waals surface area (Å²) in [5.41, 5.74) is 1.79. The summed E-state index contributed by atoms with van der Waals surface area (Å²) in [6.07, 6.45) is 0.643. The number of benzene rings is 2. The van der Waals surface area contributed by atoms with Crippen molar-refractivity contribution in [2.75, 3.05) is 11.9 Å². The largest absolute Gasteiger partial charge is 0.352 e. The highest BCUT2D eigenvalue weighted by molar-refractivity contribution is 7.99. The normalized spacial score (nSPS) is 12.6. The zero-order valence-electron chi connectivity index (χ0n) is 14.5. The highest BCUT2D eigenvalue weighted by atomic mass is 32.2. The third-order valence-corrected chi connectivity index (χ3v) is 6.08. The van der Waals surface area contributed by atoms with Gasteiger partial charge in [-0.2, -0.15) is 0 Å². The van der Waals surface area contributed by atoms with Crippen LogP contribution in [0.3, 0.4) is 0 Å². The van der Waals surface area contributed by atoms with Crippen molar-refractivity contribution in [1.82, 2.24) is 15.5 Å². The highest BCUT2D eigenvalue weighted by Gasteiger charge is 2.20. The van der Waals surface area contributed by atoms with Crippen LogP contribution in [0.25, 0.3) is 0 Å². The van der Waals surface area contributed by atoms with Gasteiger partial charge in [0.2, 0.25) is 0 Å². The second kappa shape index (κ2) is 7.50. The number of nitrogens with zero attached hydrogens (tertiary/aromatic N) is 2. The molecule has 2 heterocycles. The molecular formula is C19H16N4O2S2. The summed E-state index contributed by atoms with van der Waals surface area (Å²) in [4.78, 5) is 26.7. The highest BCUT2D eigenvalue weighted by Crippen LogP contribution is 2.38. The summed E-state index contributed by atoms with van der Waals surface area (Å²) in [5, 5.41) is 15.6. The number of hydrogen-bond donors (Lipinski definition) is 2. The summed E-state index contributed by atoms with van der Waals surface area (Å²) in [6, 6.07) is 12.8. The Morgan fingerprint density at radius 3 is 2.81 bits per heavy atom. The molecule has 0 saturated heterocycles. The lowest BCUT2D eigenvalue weighted by molar-refractivity contribution is 0.0952. The first-order chi connectivity index (χ1) is 13.1. The van der Waals surface area contributed by atoms with Crippen molar-refractivity contribution < 1.29 is 9.59 Å². The number of rotatable bonds is 4. The maximum Gasteiger partial charge on any atom is 0.256 e. The van der Waals surface area contributed by atoms with Gasteiger partial charge >= 0.3 is 0 Å². The molecule has 0 fully saturated rings. The standard InChI is InChI=1S/C19H16N4O2S2/c1-11-22-23-17(26-11)8-9-20-18(24)12-6-7-16-14(10-12)21-19(25)13-4-2-3-5-15(13)27-16/h2-7,10H,8-9H2,1H3,(H,20,24)(H,21,25). The molecule has 1 aliphatic heterocycles. The Morgan fingerprint density at radius 1 is 1.15 bits per heavy atom. The molecule has 0 spiro atoms. The fourth-order valence-electron chi connectivity index (χ4n) is 2.73. The second-order valence-corrected chi connectivity index (χ2v) is 8.33. The van der Waals surface area contributed by atoms with Crippen molar-refractivity contribution in [1.29, 1.82) is 0 Å². The van der Waals surface area contributed by atoms with Gasteiger partial charge in [0.05, 0.1) is 11.3 Å². The van der Waals surface area contributed by atoms with Crippen LogP contribution in [0.1, 0.15) is 30.7 Å². The smallest absolute Gasteiger partial charge is 0.256 e. The van der Waals surface area contributed by atoms with Gasteiger partial charge in [0, 0.05) is 28.3 Å². The summed E-state index contributed by atoms with van der Waals surface area (Å²) in [7, 11) is 0. The molecular weight excluding hydrogens is 380 g/mol. The third-order valence-electron chi connectivity index (χ3n) is 4.03. The van der Waals surface area contributed by atoms with Gasteiger partial charge in [-0.25, -0.2) is 0 Å². The molecule has 0 aliphatic carbocycles. The monoisotopic (exact) mass is 396 g/mol. The third kappa shape index (κ3) is 3.86. The van der Waals surface area contributed by atoms with Crippen LogP contribution >= 0.6 is 23.1 Å². The van der Waals surface area contributed by atoms with E-state index in [0.29, 0.717) is 29.8 Å². The molecule has 136 valence electrons. The van der Waals surface area contributed by atoms with E-state index in [0.717, 1.165) is 19.8 Å². The molecule has 0 bridgehead atoms. The van der Waals surface area contributed by atoms with Crippen molar-refractivity contribution in [3.8, 4) is 0 Å². The van der Waals surface area contributed by atoms with E-state index in [1.54, 1.807) is 18.2 Å². The summed E-state index contributed by atoms with van der Waals surface area (Å²) < 4.78 is 0. The van der Waals surface area contributed by atoms with Gasteiger partial charge in [-0.3, -0.25) is 9.59 Å². The van der Waals surface area contributed by atoms with Crippen molar-refractivity contribution in [3.05, 3.63) is 63.6 Å². The van der Waals surface area contributed by atoms with Gasteiger partial charge in [-0.15, -0.1) is 21.5 Å². The van der Waals surface area contributed by atoms with Crippen LogP contribution in [0.5, 0.6) is 0 Å². The predicted molar refractivity (Wildman–Crippen MR) is 106 cm³/mol. The Balaban J connectivity index is 1.47. The molecule has 1 aliphatic rings. The average Bonchev–Trinajstić information content (AvgIpc) is 3.02. The Morgan fingerprint density at radius 2 is 2.00 bits per heavy atom. The summed E-state index contributed by atoms with van der Waals surface area (Å²) >= 11 is 3.04. The van der Waals surface area contributed by atoms with E-state index >= 15 is 0 Å². The van der Waals surface area contributed by atoms with E-state index < -0.39 is 0 Å². The Bertz CT molecular complexity index is 1030. The molecule has 2 amide bonds. The molecule has 4 rings (SSSR count). The van der Waals surface area contributed by atoms with Crippen molar-refractivity contribution in [3.63, 3.8) is 0 Å². The number of carbonyl (C=O) groups is 2. The van der Waals surface area contributed by atoms with E-state index in [1.165, 1.54) is 23.1 Å². The molecule has 0 saturated carbocycles. The van der Waals surface area contributed by atoms with Crippen molar-refractivity contribution >= 4 is 40.6 Å². The Labute approximate surface area is 164 Å². The Hall–Kier alpha value is -2.71. The fourth-order valence-corrected chi connectivity index (χ4v) is 4.45. The number of aromatic nitrogens is 2. The number of aryl methyl sites for hydroxylation is 1. The van der Waals surface area contributed by atoms with Crippen molar-refractivity contribution in [2.24, 2.45) is 0 Å². The predicted octanol–water partition coefficient (Wildman–Crippen LogP) is 3.54. The van der Waals surface area contributed by atoms with Crippen LogP contribution < -0.4 is 10.6 Å². The number of nitrogens with one attached hydrogen (secondary N) is 2. The minimum absolute atomic E-state index is 0.166. The lowest BCUT2D eigenvalue weighted by atomic mass is 10.1. The number of amides is 2. The second-order valence-electron chi connectivity index (χ2n) is 5.98. The summed E-state index contributed by atoms with van der Waals surface area (Å²) in [6.45, 7) is 2.39. The molecule has 1 aromatic heterocycles. The molecule has 0 unspecified atom stereocenters. The minimum Gasteiger partial charge on any atom is -0.352 e. The number of anilines is 1. The number of hydrogen-bond acceptors (Lipinski definition) is 6. The molecule has 6 nitrogen and oxygen atoms in total. The molecule has 8 heteroatoms. The SMILES string of the molecule is Cc1nnc(CCNC(=O)c2ccc3c(c2)NC(=O)c2ccccc2S3)s1. The van der Waals surface area contributed by atoms with Gasteiger partial charge in [0.1, 0.15) is 10.0 Å². The summed E-state index contributed by atoms with van der Waals surface area (Å²) in [5.74, 6) is -0.346. The minimum atomic E-state index is -0.181. The van der Waals surface area contributed by atoms with E-state index in [-0.39, 0.29) is 11.8 Å². The van der Waals surface area contributed by atoms with Crippen LogP contribution in [-0.2, 0) is 6.42 Å². The molecule has 2 N–H and O–H groups in total. The van der Waals surface area contributed by atoms with Gasteiger partial charge in [0.25, 0.3) is 11.8 Å². The van der Waals surface area contributed by atoms with E-state index in [9.17, 15) is 9.59 Å².